The molecule has 2 rings (SSSR count). The van der Waals surface area contributed by atoms with Crippen LogP contribution in [0.2, 0.25) is 5.02 Å². The Morgan fingerprint density at radius 2 is 1.94 bits per heavy atom. The standard InChI is InChI=1S/C11H13ClFNO2S/c12-10-2-1-8(13)7-11(10)14-9-3-5-17(15,16)6-4-9/h1-2,7,9,14H,3-6H2. The van der Waals surface area contributed by atoms with Gasteiger partial charge in [0.25, 0.3) is 0 Å². The molecule has 0 amide bonds. The smallest absolute Gasteiger partial charge is 0.150 e. The fraction of sp³-hybridized carbons (Fsp3) is 0.455. The van der Waals surface area contributed by atoms with Crippen LogP contribution in [-0.4, -0.2) is 26.0 Å². The van der Waals surface area contributed by atoms with Gasteiger partial charge in [-0.1, -0.05) is 11.6 Å². The summed E-state index contributed by atoms with van der Waals surface area (Å²) in [5, 5.41) is 3.54. The molecule has 1 heterocycles. The number of sulfone groups is 1. The van der Waals surface area contributed by atoms with Crippen molar-refractivity contribution in [2.45, 2.75) is 18.9 Å². The minimum atomic E-state index is -2.87. The molecule has 0 bridgehead atoms. The van der Waals surface area contributed by atoms with E-state index in [1.165, 1.54) is 18.2 Å². The van der Waals surface area contributed by atoms with Crippen molar-refractivity contribution in [3.05, 3.63) is 29.0 Å². The van der Waals surface area contributed by atoms with Gasteiger partial charge in [0.2, 0.25) is 0 Å². The van der Waals surface area contributed by atoms with Gasteiger partial charge < -0.3 is 5.32 Å². The Labute approximate surface area is 105 Å². The highest BCUT2D eigenvalue weighted by atomic mass is 35.5. The summed E-state index contributed by atoms with van der Waals surface area (Å²) < 4.78 is 35.5. The second-order valence-electron chi connectivity index (χ2n) is 4.19. The Balaban J connectivity index is 2.05. The third kappa shape index (κ3) is 3.33. The van der Waals surface area contributed by atoms with E-state index in [1.807, 2.05) is 0 Å². The van der Waals surface area contributed by atoms with Crippen LogP contribution in [0.25, 0.3) is 0 Å². The van der Waals surface area contributed by atoms with E-state index in [9.17, 15) is 12.8 Å². The molecule has 1 N–H and O–H groups in total. The monoisotopic (exact) mass is 277 g/mol. The molecule has 1 aliphatic rings. The predicted octanol–water partition coefficient (Wildman–Crippen LogP) is 2.47. The Bertz CT molecular complexity index is 504. The summed E-state index contributed by atoms with van der Waals surface area (Å²) in [6, 6.07) is 4.14. The fourth-order valence-corrected chi connectivity index (χ4v) is 3.53. The molecule has 0 aromatic heterocycles. The Morgan fingerprint density at radius 1 is 1.29 bits per heavy atom. The average Bonchev–Trinajstić information content (AvgIpc) is 2.26. The second kappa shape index (κ2) is 4.82. The van der Waals surface area contributed by atoms with Crippen LogP contribution in [0.15, 0.2) is 18.2 Å². The minimum Gasteiger partial charge on any atom is -0.381 e. The number of nitrogens with one attached hydrogen (secondary N) is 1. The maximum absolute atomic E-state index is 13.0. The van der Waals surface area contributed by atoms with E-state index in [4.69, 9.17) is 11.6 Å². The zero-order chi connectivity index (χ0) is 12.5. The van der Waals surface area contributed by atoms with Crippen molar-refractivity contribution >= 4 is 27.1 Å². The normalized spacial score (nSPS) is 20.1. The molecule has 0 saturated carbocycles. The summed E-state index contributed by atoms with van der Waals surface area (Å²) >= 11 is 5.92. The first kappa shape index (κ1) is 12.6. The molecule has 0 aliphatic carbocycles. The van der Waals surface area contributed by atoms with Gasteiger partial charge in [-0.15, -0.1) is 0 Å². The number of anilines is 1. The maximum atomic E-state index is 13.0. The van der Waals surface area contributed by atoms with Gasteiger partial charge in [-0.05, 0) is 31.0 Å². The third-order valence-electron chi connectivity index (χ3n) is 2.84. The molecule has 6 heteroatoms. The number of hydrogen-bond acceptors (Lipinski definition) is 3. The molecular weight excluding hydrogens is 265 g/mol. The lowest BCUT2D eigenvalue weighted by atomic mass is 10.1. The van der Waals surface area contributed by atoms with Gasteiger partial charge in [0.15, 0.2) is 0 Å². The van der Waals surface area contributed by atoms with Crippen molar-refractivity contribution < 1.29 is 12.8 Å². The van der Waals surface area contributed by atoms with E-state index in [-0.39, 0.29) is 23.4 Å². The van der Waals surface area contributed by atoms with Gasteiger partial charge in [0, 0.05) is 6.04 Å². The molecule has 1 aromatic carbocycles. The highest BCUT2D eigenvalue weighted by molar-refractivity contribution is 7.91. The molecule has 3 nitrogen and oxygen atoms in total. The van der Waals surface area contributed by atoms with Crippen molar-refractivity contribution in [1.82, 2.24) is 0 Å². The van der Waals surface area contributed by atoms with E-state index < -0.39 is 9.84 Å². The van der Waals surface area contributed by atoms with Crippen LogP contribution in [0.3, 0.4) is 0 Å². The van der Waals surface area contributed by atoms with Gasteiger partial charge in [0.1, 0.15) is 15.7 Å². The van der Waals surface area contributed by atoms with Crippen LogP contribution in [0.5, 0.6) is 0 Å². The van der Waals surface area contributed by atoms with Crippen molar-refractivity contribution in [3.63, 3.8) is 0 Å². The van der Waals surface area contributed by atoms with E-state index in [1.54, 1.807) is 0 Å². The van der Waals surface area contributed by atoms with Gasteiger partial charge in [0.05, 0.1) is 22.2 Å². The molecule has 1 aliphatic heterocycles. The first-order valence-corrected chi connectivity index (χ1v) is 7.58. The fourth-order valence-electron chi connectivity index (χ4n) is 1.86. The molecule has 94 valence electrons. The van der Waals surface area contributed by atoms with Crippen LogP contribution in [0.4, 0.5) is 10.1 Å². The largest absolute Gasteiger partial charge is 0.381 e. The third-order valence-corrected chi connectivity index (χ3v) is 4.89. The van der Waals surface area contributed by atoms with E-state index in [0.29, 0.717) is 23.6 Å². The molecule has 0 unspecified atom stereocenters. The maximum Gasteiger partial charge on any atom is 0.150 e. The zero-order valence-corrected chi connectivity index (χ0v) is 10.7. The second-order valence-corrected chi connectivity index (χ2v) is 6.91. The van der Waals surface area contributed by atoms with Crippen LogP contribution >= 0.6 is 11.6 Å². The summed E-state index contributed by atoms with van der Waals surface area (Å²) in [6.45, 7) is 0. The van der Waals surface area contributed by atoms with Gasteiger partial charge in [-0.2, -0.15) is 0 Å². The summed E-state index contributed by atoms with van der Waals surface area (Å²) in [7, 11) is -2.87. The lowest BCUT2D eigenvalue weighted by Crippen LogP contribution is -2.32. The number of halogens is 2. The average molecular weight is 278 g/mol. The molecule has 0 spiro atoms. The minimum absolute atomic E-state index is 0.0397. The first-order chi connectivity index (χ1) is 7.96. The Hall–Kier alpha value is -0.810. The lowest BCUT2D eigenvalue weighted by Gasteiger charge is -2.24. The Kier molecular flexibility index (Phi) is 3.58. The zero-order valence-electron chi connectivity index (χ0n) is 9.12. The van der Waals surface area contributed by atoms with Gasteiger partial charge in [-0.3, -0.25) is 0 Å². The van der Waals surface area contributed by atoms with Gasteiger partial charge in [-0.25, -0.2) is 12.8 Å². The summed E-state index contributed by atoms with van der Waals surface area (Å²) in [6.07, 6.45) is 1.07. The van der Waals surface area contributed by atoms with Crippen LogP contribution in [-0.2, 0) is 9.84 Å². The van der Waals surface area contributed by atoms with E-state index in [0.717, 1.165) is 0 Å². The first-order valence-electron chi connectivity index (χ1n) is 5.38. The quantitative estimate of drug-likeness (QED) is 0.903. The van der Waals surface area contributed by atoms with Crippen LogP contribution < -0.4 is 5.32 Å². The van der Waals surface area contributed by atoms with E-state index in [2.05, 4.69) is 5.32 Å². The summed E-state index contributed by atoms with van der Waals surface area (Å²) in [4.78, 5) is 0. The topological polar surface area (TPSA) is 46.2 Å². The van der Waals surface area contributed by atoms with Crippen molar-refractivity contribution in [2.75, 3.05) is 16.8 Å². The number of hydrogen-bond donors (Lipinski definition) is 1. The number of benzene rings is 1. The van der Waals surface area contributed by atoms with Crippen molar-refractivity contribution in [3.8, 4) is 0 Å². The highest BCUT2D eigenvalue weighted by Gasteiger charge is 2.23. The van der Waals surface area contributed by atoms with Crippen molar-refractivity contribution in [2.24, 2.45) is 0 Å². The number of rotatable bonds is 2. The summed E-state index contributed by atoms with van der Waals surface area (Å²) in [5.74, 6) is -0.00445. The lowest BCUT2D eigenvalue weighted by molar-refractivity contribution is 0.559. The van der Waals surface area contributed by atoms with E-state index >= 15 is 0 Å². The highest BCUT2D eigenvalue weighted by Crippen LogP contribution is 2.25. The van der Waals surface area contributed by atoms with Crippen molar-refractivity contribution in [1.29, 1.82) is 0 Å². The predicted molar refractivity (Wildman–Crippen MR) is 66.7 cm³/mol. The van der Waals surface area contributed by atoms with Crippen LogP contribution in [0, 0.1) is 5.82 Å². The molecule has 0 atom stereocenters. The molecule has 0 radical (unpaired) electrons. The molecule has 1 aromatic rings. The molecular formula is C11H13ClFNO2S. The van der Waals surface area contributed by atoms with Gasteiger partial charge >= 0.3 is 0 Å². The SMILES string of the molecule is O=S1(=O)CCC(Nc2cc(F)ccc2Cl)CC1. The molecule has 17 heavy (non-hydrogen) atoms. The van der Waals surface area contributed by atoms with Crippen LogP contribution in [0.1, 0.15) is 12.8 Å². The molecule has 1 saturated heterocycles. The summed E-state index contributed by atoms with van der Waals surface area (Å²) in [5.41, 5.74) is 0.524. The molecule has 1 fully saturated rings. The Morgan fingerprint density at radius 3 is 2.59 bits per heavy atom.